The van der Waals surface area contributed by atoms with E-state index < -0.39 is 0 Å². The largest absolute Gasteiger partial charge is 0.486 e. The van der Waals surface area contributed by atoms with Crippen molar-refractivity contribution in [3.63, 3.8) is 0 Å². The van der Waals surface area contributed by atoms with Gasteiger partial charge in [-0.3, -0.25) is 4.90 Å². The second-order valence-electron chi connectivity index (χ2n) is 7.04. The molecule has 0 radical (unpaired) electrons. The number of piperazine rings is 1. The van der Waals surface area contributed by atoms with Crippen LogP contribution in [0.15, 0.2) is 42.5 Å². The summed E-state index contributed by atoms with van der Waals surface area (Å²) < 4.78 is 11.1. The Morgan fingerprint density at radius 1 is 0.963 bits per heavy atom. The first-order valence-electron chi connectivity index (χ1n) is 9.41. The summed E-state index contributed by atoms with van der Waals surface area (Å²) in [5.74, 6) is 1.41. The number of amides is 2. The minimum Gasteiger partial charge on any atom is -0.486 e. The first kappa shape index (κ1) is 17.7. The zero-order valence-corrected chi connectivity index (χ0v) is 15.6. The van der Waals surface area contributed by atoms with Crippen molar-refractivity contribution in [2.75, 3.05) is 44.7 Å². The number of nitrogens with zero attached hydrogens (tertiary/aromatic N) is 2. The minimum absolute atomic E-state index is 0.0679. The molecule has 0 aliphatic carbocycles. The summed E-state index contributed by atoms with van der Waals surface area (Å²) in [6.07, 6.45) is 0. The molecule has 6 heteroatoms. The van der Waals surface area contributed by atoms with Crippen LogP contribution in [-0.4, -0.2) is 55.2 Å². The van der Waals surface area contributed by atoms with Gasteiger partial charge in [-0.2, -0.15) is 0 Å². The smallest absolute Gasteiger partial charge is 0.321 e. The number of aryl methyl sites for hydroxylation is 1. The van der Waals surface area contributed by atoms with Crippen molar-refractivity contribution < 1.29 is 14.3 Å². The third kappa shape index (κ3) is 4.34. The number of urea groups is 1. The van der Waals surface area contributed by atoms with E-state index in [-0.39, 0.29) is 6.03 Å². The van der Waals surface area contributed by atoms with Crippen LogP contribution in [-0.2, 0) is 6.54 Å². The van der Waals surface area contributed by atoms with Crippen LogP contribution in [0.1, 0.15) is 11.1 Å². The molecule has 1 saturated heterocycles. The van der Waals surface area contributed by atoms with Crippen molar-refractivity contribution >= 4 is 11.7 Å². The van der Waals surface area contributed by atoms with Gasteiger partial charge >= 0.3 is 6.03 Å². The molecule has 2 aromatic carbocycles. The molecule has 0 bridgehead atoms. The van der Waals surface area contributed by atoms with Crippen molar-refractivity contribution in [3.05, 3.63) is 53.6 Å². The van der Waals surface area contributed by atoms with Crippen molar-refractivity contribution in [3.8, 4) is 11.5 Å². The highest BCUT2D eigenvalue weighted by atomic mass is 16.6. The maximum Gasteiger partial charge on any atom is 0.321 e. The molecule has 0 aromatic heterocycles. The maximum atomic E-state index is 12.6. The highest BCUT2D eigenvalue weighted by Crippen LogP contribution is 2.32. The predicted octanol–water partition coefficient (Wildman–Crippen LogP) is 3.12. The lowest BCUT2D eigenvalue weighted by Gasteiger charge is -2.34. The Balaban J connectivity index is 1.29. The van der Waals surface area contributed by atoms with Gasteiger partial charge < -0.3 is 19.7 Å². The average molecular weight is 367 g/mol. The highest BCUT2D eigenvalue weighted by Gasteiger charge is 2.22. The Morgan fingerprint density at radius 3 is 2.41 bits per heavy atom. The number of hydrogen-bond donors (Lipinski definition) is 1. The van der Waals surface area contributed by atoms with E-state index in [4.69, 9.17) is 9.47 Å². The van der Waals surface area contributed by atoms with E-state index >= 15 is 0 Å². The van der Waals surface area contributed by atoms with Gasteiger partial charge in [0.25, 0.3) is 0 Å². The average Bonchev–Trinajstić information content (AvgIpc) is 2.70. The van der Waals surface area contributed by atoms with Crippen LogP contribution in [0.3, 0.4) is 0 Å². The number of nitrogens with one attached hydrogen (secondary N) is 1. The van der Waals surface area contributed by atoms with Crippen LogP contribution in [0.2, 0.25) is 0 Å². The van der Waals surface area contributed by atoms with Gasteiger partial charge in [0, 0.05) is 44.5 Å². The van der Waals surface area contributed by atoms with Gasteiger partial charge in [0.2, 0.25) is 0 Å². The zero-order valence-electron chi connectivity index (χ0n) is 15.6. The number of carbonyl (C=O) groups is 1. The quantitative estimate of drug-likeness (QED) is 0.906. The number of rotatable bonds is 3. The Kier molecular flexibility index (Phi) is 5.16. The van der Waals surface area contributed by atoms with E-state index in [2.05, 4.69) is 41.4 Å². The van der Waals surface area contributed by atoms with Crippen LogP contribution in [0, 0.1) is 6.92 Å². The van der Waals surface area contributed by atoms with Crippen LogP contribution >= 0.6 is 0 Å². The summed E-state index contributed by atoms with van der Waals surface area (Å²) in [6.45, 7) is 7.33. The summed E-state index contributed by atoms with van der Waals surface area (Å²) in [5, 5.41) is 2.97. The van der Waals surface area contributed by atoms with Gasteiger partial charge in [-0.05, 0) is 24.6 Å². The topological polar surface area (TPSA) is 54.0 Å². The number of carbonyl (C=O) groups excluding carboxylic acids is 1. The van der Waals surface area contributed by atoms with E-state index in [1.807, 2.05) is 23.1 Å². The Labute approximate surface area is 159 Å². The molecule has 2 heterocycles. The van der Waals surface area contributed by atoms with E-state index in [9.17, 15) is 4.79 Å². The van der Waals surface area contributed by atoms with E-state index in [1.165, 1.54) is 11.1 Å². The molecule has 0 saturated carbocycles. The third-order valence-corrected chi connectivity index (χ3v) is 4.98. The SMILES string of the molecule is Cc1ccc(CN2CCN(C(=O)Nc3ccc4c(c3)OCCO4)CC2)cc1. The van der Waals surface area contributed by atoms with Gasteiger partial charge in [-0.15, -0.1) is 0 Å². The lowest BCUT2D eigenvalue weighted by molar-refractivity contribution is 0.143. The molecule has 0 spiro atoms. The number of fused-ring (bicyclic) bond motifs is 1. The highest BCUT2D eigenvalue weighted by molar-refractivity contribution is 5.89. The fraction of sp³-hybridized carbons (Fsp3) is 0.381. The first-order valence-corrected chi connectivity index (χ1v) is 9.41. The lowest BCUT2D eigenvalue weighted by Crippen LogP contribution is -2.49. The predicted molar refractivity (Wildman–Crippen MR) is 104 cm³/mol. The van der Waals surface area contributed by atoms with Crippen LogP contribution in [0.5, 0.6) is 11.5 Å². The molecule has 2 aliphatic rings. The van der Waals surface area contributed by atoms with Crippen molar-refractivity contribution in [2.24, 2.45) is 0 Å². The zero-order chi connectivity index (χ0) is 18.6. The van der Waals surface area contributed by atoms with E-state index in [0.29, 0.717) is 19.0 Å². The van der Waals surface area contributed by atoms with Crippen LogP contribution in [0.4, 0.5) is 10.5 Å². The molecule has 1 fully saturated rings. The minimum atomic E-state index is -0.0679. The molecule has 4 rings (SSSR count). The molecule has 142 valence electrons. The van der Waals surface area contributed by atoms with Crippen molar-refractivity contribution in [1.29, 1.82) is 0 Å². The summed E-state index contributed by atoms with van der Waals surface area (Å²) >= 11 is 0. The molecular weight excluding hydrogens is 342 g/mol. The Morgan fingerprint density at radius 2 is 1.67 bits per heavy atom. The summed E-state index contributed by atoms with van der Waals surface area (Å²) in [5.41, 5.74) is 3.32. The molecule has 2 amide bonds. The summed E-state index contributed by atoms with van der Waals surface area (Å²) in [6, 6.07) is 14.1. The number of ether oxygens (including phenoxy) is 2. The Hall–Kier alpha value is -2.73. The second-order valence-corrected chi connectivity index (χ2v) is 7.04. The first-order chi connectivity index (χ1) is 13.2. The molecule has 2 aliphatic heterocycles. The number of benzene rings is 2. The molecule has 0 atom stereocenters. The summed E-state index contributed by atoms with van der Waals surface area (Å²) in [4.78, 5) is 16.8. The van der Waals surface area contributed by atoms with Crippen LogP contribution in [0.25, 0.3) is 0 Å². The van der Waals surface area contributed by atoms with Crippen LogP contribution < -0.4 is 14.8 Å². The van der Waals surface area contributed by atoms with Gasteiger partial charge in [0.15, 0.2) is 11.5 Å². The van der Waals surface area contributed by atoms with Gasteiger partial charge in [0.1, 0.15) is 13.2 Å². The fourth-order valence-electron chi connectivity index (χ4n) is 3.38. The Bertz CT molecular complexity index is 799. The molecule has 0 unspecified atom stereocenters. The van der Waals surface area contributed by atoms with Gasteiger partial charge in [-0.1, -0.05) is 29.8 Å². The van der Waals surface area contributed by atoms with Gasteiger partial charge in [0.05, 0.1) is 0 Å². The monoisotopic (exact) mass is 367 g/mol. The molecular formula is C21H25N3O3. The van der Waals surface area contributed by atoms with E-state index in [0.717, 1.165) is 44.2 Å². The van der Waals surface area contributed by atoms with Gasteiger partial charge in [-0.25, -0.2) is 4.79 Å². The number of hydrogen-bond acceptors (Lipinski definition) is 4. The second kappa shape index (κ2) is 7.88. The fourth-order valence-corrected chi connectivity index (χ4v) is 3.38. The van der Waals surface area contributed by atoms with E-state index in [1.54, 1.807) is 0 Å². The maximum absolute atomic E-state index is 12.6. The molecule has 1 N–H and O–H groups in total. The normalized spacial score (nSPS) is 16.9. The molecule has 2 aromatic rings. The standard InChI is InChI=1S/C21H25N3O3/c1-16-2-4-17(5-3-16)15-23-8-10-24(11-9-23)21(25)22-18-6-7-19-20(14-18)27-13-12-26-19/h2-7,14H,8-13,15H2,1H3,(H,22,25). The third-order valence-electron chi connectivity index (χ3n) is 4.98. The van der Waals surface area contributed by atoms with Crippen molar-refractivity contribution in [2.45, 2.75) is 13.5 Å². The lowest BCUT2D eigenvalue weighted by atomic mass is 10.1. The molecule has 6 nitrogen and oxygen atoms in total. The molecule has 27 heavy (non-hydrogen) atoms. The summed E-state index contributed by atoms with van der Waals surface area (Å²) in [7, 11) is 0. The van der Waals surface area contributed by atoms with Crippen molar-refractivity contribution in [1.82, 2.24) is 9.80 Å². The number of anilines is 1.